The van der Waals surface area contributed by atoms with Crippen molar-refractivity contribution in [2.24, 2.45) is 5.92 Å². The van der Waals surface area contributed by atoms with Gasteiger partial charge in [-0.2, -0.15) is 0 Å². The predicted molar refractivity (Wildman–Crippen MR) is 148 cm³/mol. The van der Waals surface area contributed by atoms with Gasteiger partial charge < -0.3 is 24.9 Å². The van der Waals surface area contributed by atoms with Crippen molar-refractivity contribution in [1.82, 2.24) is 19.9 Å². The Kier molecular flexibility index (Phi) is 5.25. The molecule has 3 aliphatic heterocycles. The van der Waals surface area contributed by atoms with Crippen LogP contribution in [0.2, 0.25) is 0 Å². The molecule has 0 unspecified atom stereocenters. The van der Waals surface area contributed by atoms with Crippen LogP contribution in [-0.2, 0) is 0 Å². The first-order valence-electron chi connectivity index (χ1n) is 12.9. The quantitative estimate of drug-likeness (QED) is 0.313. The number of para-hydroxylation sites is 2. The number of hydrogen-bond donors (Lipinski definition) is 3. The van der Waals surface area contributed by atoms with E-state index in [0.29, 0.717) is 23.3 Å². The highest BCUT2D eigenvalue weighted by molar-refractivity contribution is 6.01. The molecule has 3 N–H and O–H groups in total. The van der Waals surface area contributed by atoms with Crippen molar-refractivity contribution in [2.75, 3.05) is 32.1 Å². The molecule has 7 nitrogen and oxygen atoms in total. The Hall–Kier alpha value is -4.10. The van der Waals surface area contributed by atoms with Crippen LogP contribution in [0, 0.1) is 5.92 Å². The normalized spacial score (nSPS) is 20.9. The summed E-state index contributed by atoms with van der Waals surface area (Å²) in [6.45, 7) is 3.32. The zero-order valence-electron chi connectivity index (χ0n) is 20.8. The van der Waals surface area contributed by atoms with E-state index in [4.69, 9.17) is 9.72 Å². The van der Waals surface area contributed by atoms with E-state index in [1.54, 1.807) is 7.11 Å². The van der Waals surface area contributed by atoms with Gasteiger partial charge in [-0.15, -0.1) is 0 Å². The third-order valence-electron chi connectivity index (χ3n) is 8.05. The fourth-order valence-corrected chi connectivity index (χ4v) is 6.02. The number of imidazole rings is 1. The summed E-state index contributed by atoms with van der Waals surface area (Å²) < 4.78 is 5.34. The molecular formula is C30H29N5O2. The van der Waals surface area contributed by atoms with Crippen molar-refractivity contribution in [3.63, 3.8) is 0 Å². The molecule has 5 heterocycles. The zero-order chi connectivity index (χ0) is 24.9. The molecule has 0 saturated carbocycles. The van der Waals surface area contributed by atoms with Gasteiger partial charge in [-0.25, -0.2) is 4.98 Å². The van der Waals surface area contributed by atoms with Gasteiger partial charge in [0.2, 0.25) is 0 Å². The Balaban J connectivity index is 1.42. The number of nitrogens with one attached hydrogen (secondary N) is 3. The van der Waals surface area contributed by atoms with E-state index in [9.17, 15) is 4.79 Å². The molecule has 0 amide bonds. The highest BCUT2D eigenvalue weighted by Gasteiger charge is 2.35. The van der Waals surface area contributed by atoms with Crippen molar-refractivity contribution >= 4 is 27.6 Å². The number of ether oxygens (including phenoxy) is 1. The Bertz CT molecular complexity index is 1630. The number of methoxy groups -OCH3 is 1. The number of hydrogen-bond acceptors (Lipinski definition) is 5. The predicted octanol–water partition coefficient (Wildman–Crippen LogP) is 5.25. The molecule has 0 radical (unpaired) electrons. The molecule has 3 fully saturated rings. The topological polar surface area (TPSA) is 86.0 Å². The number of nitrogens with zero attached hydrogens (tertiary/aromatic N) is 2. The van der Waals surface area contributed by atoms with Gasteiger partial charge in [0.15, 0.2) is 0 Å². The zero-order valence-corrected chi connectivity index (χ0v) is 20.8. The van der Waals surface area contributed by atoms with Crippen molar-refractivity contribution in [3.8, 4) is 28.3 Å². The van der Waals surface area contributed by atoms with Gasteiger partial charge in [0.1, 0.15) is 17.1 Å². The number of pyridine rings is 1. The van der Waals surface area contributed by atoms with Gasteiger partial charge in [-0.3, -0.25) is 4.79 Å². The Morgan fingerprint density at radius 3 is 2.46 bits per heavy atom. The average molecular weight is 492 g/mol. The summed E-state index contributed by atoms with van der Waals surface area (Å²) in [6.07, 6.45) is 2.38. The lowest BCUT2D eigenvalue weighted by molar-refractivity contribution is 0.0976. The third-order valence-corrected chi connectivity index (χ3v) is 8.05. The van der Waals surface area contributed by atoms with Gasteiger partial charge in [-0.1, -0.05) is 30.3 Å². The second-order valence-electron chi connectivity index (χ2n) is 10.2. The number of aromatic nitrogens is 3. The summed E-state index contributed by atoms with van der Waals surface area (Å²) >= 11 is 0. The summed E-state index contributed by atoms with van der Waals surface area (Å²) in [7, 11) is 1.67. The van der Waals surface area contributed by atoms with E-state index in [1.165, 1.54) is 12.8 Å². The first-order valence-corrected chi connectivity index (χ1v) is 12.9. The highest BCUT2D eigenvalue weighted by atomic mass is 16.5. The molecule has 7 heteroatoms. The summed E-state index contributed by atoms with van der Waals surface area (Å²) in [6, 6.07) is 22.5. The highest BCUT2D eigenvalue weighted by Crippen LogP contribution is 2.37. The number of H-pyrrole nitrogens is 2. The summed E-state index contributed by atoms with van der Waals surface area (Å²) in [5, 5.41) is 4.85. The molecule has 3 saturated heterocycles. The minimum Gasteiger partial charge on any atom is -0.497 e. The van der Waals surface area contributed by atoms with Gasteiger partial charge >= 0.3 is 0 Å². The Morgan fingerprint density at radius 1 is 0.946 bits per heavy atom. The molecule has 3 aromatic carbocycles. The second kappa shape index (κ2) is 8.78. The molecule has 37 heavy (non-hydrogen) atoms. The van der Waals surface area contributed by atoms with Crippen LogP contribution >= 0.6 is 0 Å². The van der Waals surface area contributed by atoms with Crippen LogP contribution in [-0.4, -0.2) is 52.6 Å². The summed E-state index contributed by atoms with van der Waals surface area (Å²) in [4.78, 5) is 27.4. The Morgan fingerprint density at radius 2 is 1.73 bits per heavy atom. The van der Waals surface area contributed by atoms with E-state index >= 15 is 0 Å². The molecule has 0 spiro atoms. The number of piperidine rings is 3. The molecule has 2 bridgehead atoms. The lowest BCUT2D eigenvalue weighted by atomic mass is 9.83. The van der Waals surface area contributed by atoms with E-state index in [2.05, 4.69) is 44.5 Å². The molecule has 186 valence electrons. The van der Waals surface area contributed by atoms with E-state index < -0.39 is 0 Å². The maximum Gasteiger partial charge on any atom is 0.261 e. The molecular weight excluding hydrogens is 462 g/mol. The lowest BCUT2D eigenvalue weighted by Crippen LogP contribution is -2.53. The molecule has 1 atom stereocenters. The minimum atomic E-state index is -0.146. The summed E-state index contributed by atoms with van der Waals surface area (Å²) in [5.41, 5.74) is 6.01. The molecule has 3 aliphatic rings. The number of rotatable bonds is 5. The summed E-state index contributed by atoms with van der Waals surface area (Å²) in [5.74, 6) is 2.02. The van der Waals surface area contributed by atoms with Crippen LogP contribution in [0.5, 0.6) is 5.75 Å². The van der Waals surface area contributed by atoms with Crippen molar-refractivity contribution in [3.05, 3.63) is 77.1 Å². The van der Waals surface area contributed by atoms with Crippen molar-refractivity contribution in [1.29, 1.82) is 0 Å². The number of aromatic amines is 2. The fraction of sp³-hybridized carbons (Fsp3) is 0.267. The van der Waals surface area contributed by atoms with E-state index in [1.807, 2.05) is 42.5 Å². The second-order valence-corrected chi connectivity index (χ2v) is 10.2. The molecule has 8 rings (SSSR count). The van der Waals surface area contributed by atoms with Crippen LogP contribution in [0.1, 0.15) is 12.8 Å². The molecule has 5 aromatic rings. The van der Waals surface area contributed by atoms with Crippen LogP contribution in [0.3, 0.4) is 0 Å². The monoisotopic (exact) mass is 491 g/mol. The minimum absolute atomic E-state index is 0.146. The van der Waals surface area contributed by atoms with Crippen LogP contribution in [0.25, 0.3) is 44.5 Å². The van der Waals surface area contributed by atoms with Crippen molar-refractivity contribution in [2.45, 2.75) is 18.9 Å². The van der Waals surface area contributed by atoms with Crippen LogP contribution in [0.4, 0.5) is 5.69 Å². The fourth-order valence-electron chi connectivity index (χ4n) is 6.02. The largest absolute Gasteiger partial charge is 0.497 e. The molecule has 0 aliphatic carbocycles. The van der Waals surface area contributed by atoms with Gasteiger partial charge in [0.05, 0.1) is 29.3 Å². The maximum absolute atomic E-state index is 13.6. The SMILES string of the molecule is COc1ccc(-c2ccc3[nH]c(=O)c(-c4nc5ccccc5[nH]4)c(N[C@@H]4CN5CCC4CC5)c3c2)cc1. The standard InChI is InChI=1S/C30H29N5O2/c1-37-21-9-6-18(7-10-21)20-8-11-23-22(16-20)28(31-26-17-35-14-12-19(26)13-15-35)27(30(36)34-23)29-32-24-4-2-3-5-25(24)33-29/h2-11,16,19,26H,12-15,17H2,1H3,(H,32,33)(H2,31,34,36)/t26-/m1/s1. The van der Waals surface area contributed by atoms with Gasteiger partial charge in [0.25, 0.3) is 5.56 Å². The van der Waals surface area contributed by atoms with Gasteiger partial charge in [-0.05, 0) is 79.4 Å². The smallest absolute Gasteiger partial charge is 0.261 e. The number of anilines is 1. The van der Waals surface area contributed by atoms with E-state index in [0.717, 1.165) is 64.1 Å². The van der Waals surface area contributed by atoms with E-state index in [-0.39, 0.29) is 5.56 Å². The van der Waals surface area contributed by atoms with Crippen molar-refractivity contribution < 1.29 is 4.74 Å². The van der Waals surface area contributed by atoms with Crippen LogP contribution < -0.4 is 15.6 Å². The van der Waals surface area contributed by atoms with Crippen LogP contribution in [0.15, 0.2) is 71.5 Å². The average Bonchev–Trinajstić information content (AvgIpc) is 3.37. The number of benzene rings is 3. The first-order chi connectivity index (χ1) is 18.2. The maximum atomic E-state index is 13.6. The van der Waals surface area contributed by atoms with Gasteiger partial charge in [0, 0.05) is 18.0 Å². The molecule has 2 aromatic heterocycles. The number of fused-ring (bicyclic) bond motifs is 5. The third kappa shape index (κ3) is 3.86. The first kappa shape index (κ1) is 22.1. The Labute approximate surface area is 214 Å². The lowest BCUT2D eigenvalue weighted by Gasteiger charge is -2.45.